The summed E-state index contributed by atoms with van der Waals surface area (Å²) in [5.74, 6) is -4.05. The van der Waals surface area contributed by atoms with Gasteiger partial charge in [-0.2, -0.15) is 0 Å². The highest BCUT2D eigenvalue weighted by molar-refractivity contribution is 6.05. The van der Waals surface area contributed by atoms with Gasteiger partial charge in [0.15, 0.2) is 0 Å². The van der Waals surface area contributed by atoms with Crippen molar-refractivity contribution in [3.8, 4) is 28.2 Å². The maximum absolute atomic E-state index is 13.3. The number of anilines is 3. The molecular formula is C49H64N6O15. The molecule has 2 aromatic carbocycles. The predicted octanol–water partition coefficient (Wildman–Crippen LogP) is 4.88. The molecule has 70 heavy (non-hydrogen) atoms. The fourth-order valence-corrected chi connectivity index (χ4v) is 7.62. The first-order chi connectivity index (χ1) is 33.5. The molecule has 2 aliphatic rings. The van der Waals surface area contributed by atoms with Crippen LogP contribution in [-0.2, 0) is 62.0 Å². The summed E-state index contributed by atoms with van der Waals surface area (Å²) >= 11 is 0. The van der Waals surface area contributed by atoms with Gasteiger partial charge in [-0.05, 0) is 76.8 Å². The van der Waals surface area contributed by atoms with E-state index in [-0.39, 0.29) is 31.7 Å². The largest absolute Gasteiger partial charge is 0.496 e. The van der Waals surface area contributed by atoms with Crippen LogP contribution >= 0.6 is 0 Å². The van der Waals surface area contributed by atoms with E-state index in [9.17, 15) is 33.6 Å². The molecule has 1 unspecified atom stereocenters. The third-order valence-electron chi connectivity index (χ3n) is 11.0. The summed E-state index contributed by atoms with van der Waals surface area (Å²) < 4.78 is 41.4. The highest BCUT2D eigenvalue weighted by atomic mass is 16.7. The third kappa shape index (κ3) is 16.4. The summed E-state index contributed by atoms with van der Waals surface area (Å²) in [4.78, 5) is 91.3. The first-order valence-corrected chi connectivity index (χ1v) is 22.9. The molecule has 4 N–H and O–H groups in total. The zero-order valence-corrected chi connectivity index (χ0v) is 40.8. The van der Waals surface area contributed by atoms with Gasteiger partial charge in [-0.3, -0.25) is 38.5 Å². The average molecular weight is 977 g/mol. The second-order valence-electron chi connectivity index (χ2n) is 15.9. The summed E-state index contributed by atoms with van der Waals surface area (Å²) in [5, 5.41) is 12.3. The lowest BCUT2D eigenvalue weighted by molar-refractivity contribution is -0.172. The molecule has 2 aromatic rings. The van der Waals surface area contributed by atoms with Crippen molar-refractivity contribution >= 4 is 69.8 Å². The number of carbonyl (C=O) groups excluding carboxylic acids is 7. The Hall–Kier alpha value is -7.42. The SMILES string of the molecule is CCN(CC)c1cc(-c2c3ccc(=N)cc-3oc3cc(N)ccc23)c(OC)cc1N(CC)CCCC(=O)NCCCCC(C(=O)OCOC(C)=O)N(CC(=O)OCOC(C)=O)CC(=O)OCOC(C)=O. The number of rotatable bonds is 28. The molecule has 21 heteroatoms. The Labute approximate surface area is 406 Å². The van der Waals surface area contributed by atoms with E-state index in [1.54, 1.807) is 25.3 Å². The molecule has 1 aliphatic heterocycles. The quantitative estimate of drug-likeness (QED) is 0.0171. The van der Waals surface area contributed by atoms with Crippen molar-refractivity contribution in [1.82, 2.24) is 10.2 Å². The summed E-state index contributed by atoms with van der Waals surface area (Å²) in [7, 11) is 1.63. The molecule has 0 radical (unpaired) electrons. The van der Waals surface area contributed by atoms with E-state index in [2.05, 4.69) is 44.5 Å². The van der Waals surface area contributed by atoms with Crippen molar-refractivity contribution in [2.45, 2.75) is 79.7 Å². The monoisotopic (exact) mass is 976 g/mol. The van der Waals surface area contributed by atoms with E-state index in [1.165, 1.54) is 0 Å². The molecule has 0 saturated carbocycles. The minimum atomic E-state index is -1.29. The van der Waals surface area contributed by atoms with Crippen LogP contribution in [0.2, 0.25) is 0 Å². The number of unbranched alkanes of at least 4 members (excludes halogenated alkanes) is 1. The fraction of sp³-hybridized carbons (Fsp3) is 0.469. The molecule has 1 aliphatic carbocycles. The summed E-state index contributed by atoms with van der Waals surface area (Å²) in [6.07, 6.45) is 1.38. The molecule has 1 atom stereocenters. The van der Waals surface area contributed by atoms with E-state index < -0.39 is 75.3 Å². The molecule has 0 spiro atoms. The number of nitrogens with zero attached hydrogens (tertiary/aromatic N) is 3. The van der Waals surface area contributed by atoms with Gasteiger partial charge < -0.3 is 63.8 Å². The topological polar surface area (TPSA) is 269 Å². The van der Waals surface area contributed by atoms with Crippen LogP contribution in [0.4, 0.5) is 17.1 Å². The van der Waals surface area contributed by atoms with Gasteiger partial charge in [0, 0.05) is 106 Å². The lowest BCUT2D eigenvalue weighted by atomic mass is 9.92. The smallest absolute Gasteiger partial charge is 0.326 e. The van der Waals surface area contributed by atoms with Crippen molar-refractivity contribution in [3.05, 3.63) is 53.9 Å². The highest BCUT2D eigenvalue weighted by Gasteiger charge is 2.32. The van der Waals surface area contributed by atoms with Gasteiger partial charge >= 0.3 is 35.8 Å². The van der Waals surface area contributed by atoms with Crippen molar-refractivity contribution in [2.24, 2.45) is 0 Å². The minimum Gasteiger partial charge on any atom is -0.496 e. The first kappa shape index (κ1) is 55.2. The van der Waals surface area contributed by atoms with Crippen LogP contribution in [0.1, 0.15) is 73.6 Å². The van der Waals surface area contributed by atoms with Crippen LogP contribution in [0.25, 0.3) is 33.4 Å². The molecule has 0 fully saturated rings. The third-order valence-corrected chi connectivity index (χ3v) is 11.0. The lowest BCUT2D eigenvalue weighted by Gasteiger charge is -2.32. The van der Waals surface area contributed by atoms with Gasteiger partial charge in [0.1, 0.15) is 23.1 Å². The summed E-state index contributed by atoms with van der Waals surface area (Å²) in [6, 6.07) is 13.7. The Morgan fingerprint density at radius 2 is 1.30 bits per heavy atom. The van der Waals surface area contributed by atoms with Crippen molar-refractivity contribution in [1.29, 1.82) is 5.41 Å². The van der Waals surface area contributed by atoms with Gasteiger partial charge in [-0.15, -0.1) is 0 Å². The summed E-state index contributed by atoms with van der Waals surface area (Å²) in [5.41, 5.74) is 11.8. The van der Waals surface area contributed by atoms with Crippen LogP contribution in [0, 0.1) is 5.41 Å². The molecule has 1 amide bonds. The summed E-state index contributed by atoms with van der Waals surface area (Å²) in [6.45, 7) is 8.92. The van der Waals surface area contributed by atoms with Crippen LogP contribution in [0.15, 0.2) is 52.9 Å². The zero-order valence-electron chi connectivity index (χ0n) is 40.8. The maximum Gasteiger partial charge on any atom is 0.326 e. The molecule has 380 valence electrons. The minimum absolute atomic E-state index is 0.00138. The predicted molar refractivity (Wildman–Crippen MR) is 256 cm³/mol. The zero-order chi connectivity index (χ0) is 51.3. The van der Waals surface area contributed by atoms with E-state index in [1.807, 2.05) is 31.2 Å². The van der Waals surface area contributed by atoms with Crippen molar-refractivity contribution in [3.63, 3.8) is 0 Å². The maximum atomic E-state index is 13.3. The van der Waals surface area contributed by atoms with E-state index in [0.717, 1.165) is 72.2 Å². The van der Waals surface area contributed by atoms with Crippen molar-refractivity contribution < 1.29 is 71.1 Å². The number of hydrogen-bond donors (Lipinski definition) is 3. The van der Waals surface area contributed by atoms with Crippen LogP contribution in [0.3, 0.4) is 0 Å². The number of ether oxygens (including phenoxy) is 7. The molecule has 0 aromatic heterocycles. The Balaban J connectivity index is 1.46. The lowest BCUT2D eigenvalue weighted by Crippen LogP contribution is -2.48. The molecule has 4 rings (SSSR count). The van der Waals surface area contributed by atoms with Gasteiger partial charge in [0.05, 0.1) is 36.9 Å². The number of benzene rings is 3. The number of carbonyl (C=O) groups is 7. The van der Waals surface area contributed by atoms with Crippen molar-refractivity contribution in [2.75, 3.05) is 88.8 Å². The number of methoxy groups -OCH3 is 1. The van der Waals surface area contributed by atoms with Gasteiger partial charge in [0.25, 0.3) is 0 Å². The molecule has 0 saturated heterocycles. The van der Waals surface area contributed by atoms with E-state index >= 15 is 0 Å². The fourth-order valence-electron chi connectivity index (χ4n) is 7.62. The number of nitrogens with one attached hydrogen (secondary N) is 2. The molecule has 0 bridgehead atoms. The van der Waals surface area contributed by atoms with Crippen LogP contribution in [-0.4, -0.2) is 126 Å². The number of fused-ring (bicyclic) bond motifs is 2. The van der Waals surface area contributed by atoms with E-state index in [4.69, 9.17) is 39.2 Å². The van der Waals surface area contributed by atoms with E-state index in [0.29, 0.717) is 54.1 Å². The van der Waals surface area contributed by atoms with Crippen LogP contribution in [0.5, 0.6) is 5.75 Å². The van der Waals surface area contributed by atoms with Crippen LogP contribution < -0.4 is 30.9 Å². The first-order valence-electron chi connectivity index (χ1n) is 22.9. The number of nitrogens with two attached hydrogens (primary N) is 1. The number of nitrogen functional groups attached to an aromatic ring is 1. The highest BCUT2D eigenvalue weighted by Crippen LogP contribution is 2.47. The number of amides is 1. The Morgan fingerprint density at radius 1 is 0.700 bits per heavy atom. The normalized spacial score (nSPS) is 11.4. The standard InChI is InChI=1S/C49H64N6O15/c1-8-53(9-2)40-24-38(48-36-18-16-34(50)22-43(36)70-44-23-35(51)17-19-37(44)48)42(63-7)25-41(40)54(10-3)21-13-15-45(59)52-20-12-11-14-39(49(62)69-30-66-33(6)58)55(26-46(60)67-28-64-31(4)56)27-47(61)68-29-65-32(5)57/h16-19,22-25,39,50H,8-15,20-21,26-30,51H2,1-7H3,(H,52,59). The Morgan fingerprint density at radius 3 is 1.89 bits per heavy atom. The average Bonchev–Trinajstić information content (AvgIpc) is 3.30. The second-order valence-corrected chi connectivity index (χ2v) is 15.9. The number of hydrogen-bond acceptors (Lipinski definition) is 20. The number of esters is 6. The molecular weight excluding hydrogens is 913 g/mol. The van der Waals surface area contributed by atoms with Gasteiger partial charge in [0.2, 0.25) is 26.3 Å². The molecule has 21 nitrogen and oxygen atoms in total. The second kappa shape index (κ2) is 27.5. The van der Waals surface area contributed by atoms with Gasteiger partial charge in [-0.25, -0.2) is 0 Å². The Kier molecular flexibility index (Phi) is 21.7. The molecule has 1 heterocycles. The van der Waals surface area contributed by atoms with Gasteiger partial charge in [-0.1, -0.05) is 0 Å². The Bertz CT molecular complexity index is 2460.